The quantitative estimate of drug-likeness (QED) is 0.828. The van der Waals surface area contributed by atoms with E-state index in [4.69, 9.17) is 5.26 Å². The molecule has 3 rings (SSSR count). The molecular formula is C16H20FN3. The Bertz CT molecular complexity index is 537. The second-order valence-electron chi connectivity index (χ2n) is 5.99. The van der Waals surface area contributed by atoms with Crippen LogP contribution >= 0.6 is 0 Å². The molecule has 0 spiro atoms. The highest BCUT2D eigenvalue weighted by molar-refractivity contribution is 5.37. The maximum atomic E-state index is 13.4. The number of hydrogen-bond acceptors (Lipinski definition) is 3. The summed E-state index contributed by atoms with van der Waals surface area (Å²) < 4.78 is 13.4. The fourth-order valence-corrected chi connectivity index (χ4v) is 3.57. The monoisotopic (exact) mass is 273 g/mol. The predicted octanol–water partition coefficient (Wildman–Crippen LogP) is 2.37. The van der Waals surface area contributed by atoms with Gasteiger partial charge in [0, 0.05) is 31.7 Å². The third kappa shape index (κ3) is 2.56. The molecule has 2 fully saturated rings. The van der Waals surface area contributed by atoms with Gasteiger partial charge in [0.2, 0.25) is 0 Å². The van der Waals surface area contributed by atoms with Crippen LogP contribution in [0.3, 0.4) is 0 Å². The Morgan fingerprint density at radius 1 is 1.30 bits per heavy atom. The van der Waals surface area contributed by atoms with Crippen LogP contribution < -0.4 is 0 Å². The number of nitriles is 1. The van der Waals surface area contributed by atoms with Gasteiger partial charge in [-0.05, 0) is 50.1 Å². The third-order valence-corrected chi connectivity index (χ3v) is 4.81. The number of nitrogens with zero attached hydrogens (tertiary/aromatic N) is 3. The molecule has 0 aromatic heterocycles. The van der Waals surface area contributed by atoms with Crippen molar-refractivity contribution in [1.82, 2.24) is 9.80 Å². The summed E-state index contributed by atoms with van der Waals surface area (Å²) in [4.78, 5) is 4.87. The van der Waals surface area contributed by atoms with Crippen LogP contribution in [-0.4, -0.2) is 42.0 Å². The summed E-state index contributed by atoms with van der Waals surface area (Å²) in [7, 11) is 2.22. The number of likely N-dealkylation sites (N-methyl/N-ethyl adjacent to an activating group) is 1. The Kier molecular flexibility index (Phi) is 3.73. The second kappa shape index (κ2) is 5.51. The molecule has 0 saturated carbocycles. The van der Waals surface area contributed by atoms with Crippen molar-refractivity contribution >= 4 is 0 Å². The highest BCUT2D eigenvalue weighted by atomic mass is 19.1. The number of rotatable bonds is 2. The van der Waals surface area contributed by atoms with Crippen LogP contribution in [0.15, 0.2) is 18.2 Å². The van der Waals surface area contributed by atoms with Gasteiger partial charge in [0.15, 0.2) is 0 Å². The van der Waals surface area contributed by atoms with E-state index in [2.05, 4.69) is 22.9 Å². The minimum Gasteiger partial charge on any atom is -0.299 e. The van der Waals surface area contributed by atoms with Gasteiger partial charge in [-0.3, -0.25) is 9.80 Å². The van der Waals surface area contributed by atoms with E-state index in [0.717, 1.165) is 18.7 Å². The topological polar surface area (TPSA) is 30.3 Å². The highest BCUT2D eigenvalue weighted by Gasteiger charge is 2.34. The van der Waals surface area contributed by atoms with E-state index in [-0.39, 0.29) is 5.82 Å². The van der Waals surface area contributed by atoms with E-state index in [0.29, 0.717) is 24.2 Å². The minimum atomic E-state index is -0.257. The van der Waals surface area contributed by atoms with Gasteiger partial charge in [-0.15, -0.1) is 0 Å². The summed E-state index contributed by atoms with van der Waals surface area (Å²) >= 11 is 0. The minimum absolute atomic E-state index is 0.257. The van der Waals surface area contributed by atoms with Gasteiger partial charge in [0.1, 0.15) is 5.82 Å². The standard InChI is InChI=1S/C16H20FN3/c1-19-15-4-5-16(19)11-20(7-6-15)10-13-8-14(17)3-2-12(13)9-18/h2-3,8,15-16H,4-7,10-11H2,1H3. The Labute approximate surface area is 119 Å². The number of halogens is 1. The van der Waals surface area contributed by atoms with Crippen LogP contribution in [0, 0.1) is 17.1 Å². The van der Waals surface area contributed by atoms with Gasteiger partial charge in [0.05, 0.1) is 11.6 Å². The van der Waals surface area contributed by atoms with E-state index in [1.165, 1.54) is 31.4 Å². The summed E-state index contributed by atoms with van der Waals surface area (Å²) in [5, 5.41) is 9.14. The summed E-state index contributed by atoms with van der Waals surface area (Å²) in [5.41, 5.74) is 1.40. The first-order valence-corrected chi connectivity index (χ1v) is 7.30. The molecule has 1 aromatic rings. The van der Waals surface area contributed by atoms with Crippen LogP contribution in [0.2, 0.25) is 0 Å². The molecule has 2 aliphatic heterocycles. The summed E-state index contributed by atoms with van der Waals surface area (Å²) in [6.07, 6.45) is 3.73. The normalized spacial score (nSPS) is 27.2. The Morgan fingerprint density at radius 3 is 2.90 bits per heavy atom. The average Bonchev–Trinajstić information content (AvgIpc) is 2.67. The largest absolute Gasteiger partial charge is 0.299 e. The summed E-state index contributed by atoms with van der Waals surface area (Å²) in [6.45, 7) is 2.74. The molecule has 2 heterocycles. The number of fused-ring (bicyclic) bond motifs is 2. The predicted molar refractivity (Wildman–Crippen MR) is 75.6 cm³/mol. The summed E-state index contributed by atoms with van der Waals surface area (Å²) in [5.74, 6) is -0.257. The first-order chi connectivity index (χ1) is 9.67. The SMILES string of the molecule is CN1C2CCC1CN(Cc1cc(F)ccc1C#N)CC2. The van der Waals surface area contributed by atoms with Crippen LogP contribution in [0.4, 0.5) is 4.39 Å². The molecule has 0 N–H and O–H groups in total. The van der Waals surface area contributed by atoms with Crippen molar-refractivity contribution in [2.75, 3.05) is 20.1 Å². The van der Waals surface area contributed by atoms with Crippen molar-refractivity contribution in [3.8, 4) is 6.07 Å². The molecular weight excluding hydrogens is 253 g/mol. The van der Waals surface area contributed by atoms with Gasteiger partial charge in [-0.1, -0.05) is 0 Å². The Hall–Kier alpha value is -1.44. The first-order valence-electron chi connectivity index (χ1n) is 7.30. The molecule has 2 aliphatic rings. The van der Waals surface area contributed by atoms with E-state index < -0.39 is 0 Å². The first kappa shape index (κ1) is 13.5. The Balaban J connectivity index is 1.75. The van der Waals surface area contributed by atoms with Crippen molar-refractivity contribution in [1.29, 1.82) is 5.26 Å². The zero-order valence-corrected chi connectivity index (χ0v) is 11.8. The smallest absolute Gasteiger partial charge is 0.123 e. The third-order valence-electron chi connectivity index (χ3n) is 4.81. The lowest BCUT2D eigenvalue weighted by atomic mass is 10.1. The fraction of sp³-hybridized carbons (Fsp3) is 0.562. The molecule has 2 bridgehead atoms. The van der Waals surface area contributed by atoms with E-state index >= 15 is 0 Å². The lowest BCUT2D eigenvalue weighted by Crippen LogP contribution is -2.36. The molecule has 2 atom stereocenters. The van der Waals surface area contributed by atoms with Crippen LogP contribution in [0.1, 0.15) is 30.4 Å². The molecule has 20 heavy (non-hydrogen) atoms. The molecule has 0 amide bonds. The molecule has 106 valence electrons. The van der Waals surface area contributed by atoms with Gasteiger partial charge in [0.25, 0.3) is 0 Å². The lowest BCUT2D eigenvalue weighted by Gasteiger charge is -2.26. The van der Waals surface area contributed by atoms with Crippen LogP contribution in [0.25, 0.3) is 0 Å². The average molecular weight is 273 g/mol. The van der Waals surface area contributed by atoms with Crippen molar-refractivity contribution < 1.29 is 4.39 Å². The van der Waals surface area contributed by atoms with E-state index in [1.807, 2.05) is 0 Å². The molecule has 1 aromatic carbocycles. The lowest BCUT2D eigenvalue weighted by molar-refractivity contribution is 0.214. The summed E-state index contributed by atoms with van der Waals surface area (Å²) in [6, 6.07) is 7.93. The number of benzene rings is 1. The maximum absolute atomic E-state index is 13.4. The van der Waals surface area contributed by atoms with Crippen molar-refractivity contribution in [2.45, 2.75) is 37.9 Å². The van der Waals surface area contributed by atoms with Gasteiger partial charge in [-0.25, -0.2) is 4.39 Å². The molecule has 2 saturated heterocycles. The maximum Gasteiger partial charge on any atom is 0.123 e. The van der Waals surface area contributed by atoms with Crippen molar-refractivity contribution in [3.63, 3.8) is 0 Å². The van der Waals surface area contributed by atoms with Gasteiger partial charge >= 0.3 is 0 Å². The van der Waals surface area contributed by atoms with E-state index in [1.54, 1.807) is 6.07 Å². The highest BCUT2D eigenvalue weighted by Crippen LogP contribution is 2.29. The van der Waals surface area contributed by atoms with Gasteiger partial charge < -0.3 is 0 Å². The van der Waals surface area contributed by atoms with E-state index in [9.17, 15) is 4.39 Å². The van der Waals surface area contributed by atoms with Crippen LogP contribution in [-0.2, 0) is 6.54 Å². The van der Waals surface area contributed by atoms with Crippen molar-refractivity contribution in [3.05, 3.63) is 35.1 Å². The van der Waals surface area contributed by atoms with Crippen molar-refractivity contribution in [2.24, 2.45) is 0 Å². The molecule has 3 nitrogen and oxygen atoms in total. The van der Waals surface area contributed by atoms with Gasteiger partial charge in [-0.2, -0.15) is 5.26 Å². The molecule has 0 radical (unpaired) electrons. The molecule has 0 aliphatic carbocycles. The van der Waals surface area contributed by atoms with Crippen LogP contribution in [0.5, 0.6) is 0 Å². The molecule has 4 heteroatoms. The zero-order valence-electron chi connectivity index (χ0n) is 11.8. The Morgan fingerprint density at radius 2 is 2.10 bits per heavy atom. The molecule has 2 unspecified atom stereocenters. The number of likely N-dealkylation sites (tertiary alicyclic amines) is 1. The fourth-order valence-electron chi connectivity index (χ4n) is 3.57. The second-order valence-corrected chi connectivity index (χ2v) is 5.99. The zero-order chi connectivity index (χ0) is 14.1. The number of hydrogen-bond donors (Lipinski definition) is 0.